The maximum atomic E-state index is 5.65. The van der Waals surface area contributed by atoms with Crippen molar-refractivity contribution in [2.75, 3.05) is 0 Å². The van der Waals surface area contributed by atoms with Gasteiger partial charge in [0.15, 0.2) is 0 Å². The molecule has 9 rings (SSSR count). The van der Waals surface area contributed by atoms with Crippen molar-refractivity contribution in [3.05, 3.63) is 166 Å². The van der Waals surface area contributed by atoms with E-state index in [1.165, 1.54) is 11.1 Å². The molecule has 4 aromatic carbocycles. The minimum Gasteiger partial charge on any atom is -0.354 e. The van der Waals surface area contributed by atoms with Gasteiger partial charge in [0, 0.05) is 55.4 Å². The SMILES string of the molecule is CC(C)[Si](C#Cc1ccc(-c2c3nc(c(-c4ccc(C(C)(C)C)cc4)c4ccc([nH]4)c(-c4ccc(C(C)(C)C)cc4)c4nc(c(-c5ccc(C#C[Si](C(C)C)(C(C)C)C(C)C)cc5)c5ccc2[nH]5)C=C4)C=C3)cc1)(C(C)C)C(C)C. The molecular formula is C74H86N4Si2. The highest BCUT2D eigenvalue weighted by Gasteiger charge is 2.43. The fourth-order valence-electron chi connectivity index (χ4n) is 13.4. The summed E-state index contributed by atoms with van der Waals surface area (Å²) in [4.78, 5) is 19.3. The predicted molar refractivity (Wildman–Crippen MR) is 354 cm³/mol. The first-order valence-corrected chi connectivity index (χ1v) is 33.9. The Kier molecular flexibility index (Phi) is 16.2. The van der Waals surface area contributed by atoms with Gasteiger partial charge in [-0.05, 0) is 150 Å². The monoisotopic (exact) mass is 1090 g/mol. The van der Waals surface area contributed by atoms with Gasteiger partial charge in [-0.3, -0.25) is 0 Å². The molecule has 2 aliphatic rings. The Hall–Kier alpha value is -6.97. The zero-order valence-electron chi connectivity index (χ0n) is 51.2. The smallest absolute Gasteiger partial charge is 0.146 e. The Morgan fingerprint density at radius 1 is 0.325 bits per heavy atom. The molecule has 2 aliphatic heterocycles. The highest BCUT2D eigenvalue weighted by molar-refractivity contribution is 6.91. The van der Waals surface area contributed by atoms with Crippen molar-refractivity contribution in [1.82, 2.24) is 19.9 Å². The van der Waals surface area contributed by atoms with Gasteiger partial charge in [-0.1, -0.05) is 209 Å². The number of nitrogens with one attached hydrogen (secondary N) is 2. The Balaban J connectivity index is 1.35. The van der Waals surface area contributed by atoms with Crippen LogP contribution >= 0.6 is 0 Å². The van der Waals surface area contributed by atoms with Crippen LogP contribution in [0.25, 0.3) is 90.9 Å². The Morgan fingerprint density at radius 3 is 0.762 bits per heavy atom. The van der Waals surface area contributed by atoms with Gasteiger partial charge in [-0.15, -0.1) is 11.1 Å². The van der Waals surface area contributed by atoms with Crippen LogP contribution < -0.4 is 0 Å². The number of aromatic nitrogens is 4. The molecular weight excluding hydrogens is 1000 g/mol. The zero-order valence-corrected chi connectivity index (χ0v) is 53.2. The number of fused-ring (bicyclic) bond motifs is 8. The molecule has 7 aromatic rings. The number of benzene rings is 4. The number of H-pyrrole nitrogens is 2. The summed E-state index contributed by atoms with van der Waals surface area (Å²) >= 11 is 0. The molecule has 6 heteroatoms. The van der Waals surface area contributed by atoms with E-state index in [9.17, 15) is 0 Å². The van der Waals surface area contributed by atoms with E-state index in [0.717, 1.165) is 100 Å². The number of hydrogen-bond donors (Lipinski definition) is 2. The lowest BCUT2D eigenvalue weighted by Gasteiger charge is -2.38. The number of nitrogens with zero attached hydrogens (tertiary/aromatic N) is 2. The lowest BCUT2D eigenvalue weighted by molar-refractivity contribution is 0.590. The normalized spacial score (nSPS) is 13.0. The second-order valence-electron chi connectivity index (χ2n) is 26.6. The number of aromatic amines is 2. The molecule has 8 bridgehead atoms. The molecule has 0 radical (unpaired) electrons. The third-order valence-corrected chi connectivity index (χ3v) is 30.3. The van der Waals surface area contributed by atoms with Crippen molar-refractivity contribution < 1.29 is 0 Å². The Morgan fingerprint density at radius 2 is 0.550 bits per heavy atom. The molecule has 2 N–H and O–H groups in total. The average Bonchev–Trinajstić information content (AvgIpc) is 4.26. The fraction of sp³-hybridized carbons (Fsp3) is 0.351. The fourth-order valence-corrected chi connectivity index (χ4v) is 23.8. The van der Waals surface area contributed by atoms with Crippen LogP contribution in [0.4, 0.5) is 0 Å². The summed E-state index contributed by atoms with van der Waals surface area (Å²) in [7, 11) is -3.88. The van der Waals surface area contributed by atoms with Crippen LogP contribution in [0.5, 0.6) is 0 Å². The van der Waals surface area contributed by atoms with Gasteiger partial charge >= 0.3 is 0 Å². The molecule has 5 heterocycles. The first kappa shape index (κ1) is 57.7. The summed E-state index contributed by atoms with van der Waals surface area (Å²) < 4.78 is 0. The maximum Gasteiger partial charge on any atom is 0.146 e. The second-order valence-corrected chi connectivity index (χ2v) is 37.8. The quantitative estimate of drug-likeness (QED) is 0.106. The van der Waals surface area contributed by atoms with Gasteiger partial charge in [0.1, 0.15) is 16.1 Å². The van der Waals surface area contributed by atoms with Crippen LogP contribution in [-0.4, -0.2) is 36.1 Å². The molecule has 0 aliphatic carbocycles. The summed E-state index contributed by atoms with van der Waals surface area (Å²) in [6.07, 6.45) is 8.77. The summed E-state index contributed by atoms with van der Waals surface area (Å²) in [6, 6.07) is 44.7. The minimum absolute atomic E-state index is 0.00734. The average molecular weight is 1090 g/mol. The van der Waals surface area contributed by atoms with Crippen LogP contribution in [0, 0.1) is 22.9 Å². The molecule has 0 saturated carbocycles. The van der Waals surface area contributed by atoms with Crippen molar-refractivity contribution in [2.45, 2.75) is 169 Å². The van der Waals surface area contributed by atoms with E-state index < -0.39 is 16.1 Å². The second kappa shape index (κ2) is 22.5. The van der Waals surface area contributed by atoms with E-state index >= 15 is 0 Å². The molecule has 410 valence electrons. The van der Waals surface area contributed by atoms with Crippen molar-refractivity contribution in [3.63, 3.8) is 0 Å². The predicted octanol–water partition coefficient (Wildman–Crippen LogP) is 21.1. The first-order valence-electron chi connectivity index (χ1n) is 29.5. The lowest BCUT2D eigenvalue weighted by Crippen LogP contribution is -2.43. The largest absolute Gasteiger partial charge is 0.354 e. The van der Waals surface area contributed by atoms with E-state index in [2.05, 4.69) is 303 Å². The molecule has 0 amide bonds. The Labute approximate surface area is 482 Å². The van der Waals surface area contributed by atoms with Gasteiger partial charge in [0.2, 0.25) is 0 Å². The highest BCUT2D eigenvalue weighted by atomic mass is 28.3. The van der Waals surface area contributed by atoms with Crippen molar-refractivity contribution in [3.8, 4) is 67.4 Å². The standard InChI is InChI=1S/C74H86N4Si2/c1-47(2)79(48(3)4,49(5)6)45-43-53-19-23-55(24-20-53)69-61-35-36-62(75-61)70(56-25-21-54(22-26-56)44-46-80(50(7)8,51(9)10)52(11)12)64-38-40-66(77-64)72(58-29-33-60(34-30-58)74(16,17)18)68-42-41-67(78-68)71(65-39-37-63(69)76-65)57-27-31-59(32-28-57)73(13,14)15/h19-42,47-52,75,78H,1-18H3. The molecule has 4 nitrogen and oxygen atoms in total. The number of rotatable bonds is 10. The molecule has 0 fully saturated rings. The van der Waals surface area contributed by atoms with Gasteiger partial charge in [-0.25, -0.2) is 9.97 Å². The van der Waals surface area contributed by atoms with Crippen LogP contribution in [0.2, 0.25) is 33.2 Å². The summed E-state index contributed by atoms with van der Waals surface area (Å²) in [5.41, 5.74) is 31.8. The van der Waals surface area contributed by atoms with Crippen LogP contribution in [0.1, 0.15) is 170 Å². The van der Waals surface area contributed by atoms with Crippen LogP contribution in [0.15, 0.2) is 121 Å². The third-order valence-electron chi connectivity index (χ3n) is 17.8. The molecule has 80 heavy (non-hydrogen) atoms. The topological polar surface area (TPSA) is 57.4 Å². The first-order chi connectivity index (χ1) is 37.8. The van der Waals surface area contributed by atoms with Crippen LogP contribution in [0.3, 0.4) is 0 Å². The molecule has 0 atom stereocenters. The highest BCUT2D eigenvalue weighted by Crippen LogP contribution is 2.44. The van der Waals surface area contributed by atoms with E-state index in [1.807, 2.05) is 0 Å². The van der Waals surface area contributed by atoms with Crippen molar-refractivity contribution >= 4 is 62.5 Å². The maximum absolute atomic E-state index is 5.65. The molecule has 3 aromatic heterocycles. The molecule has 0 spiro atoms. The molecule has 0 saturated heterocycles. The molecule has 0 unspecified atom stereocenters. The minimum atomic E-state index is -1.94. The third kappa shape index (κ3) is 11.1. The van der Waals surface area contributed by atoms with Gasteiger partial charge in [0.05, 0.1) is 22.8 Å². The zero-order chi connectivity index (χ0) is 57.6. The van der Waals surface area contributed by atoms with E-state index in [0.29, 0.717) is 33.2 Å². The van der Waals surface area contributed by atoms with Gasteiger partial charge in [0.25, 0.3) is 0 Å². The van der Waals surface area contributed by atoms with E-state index in [1.54, 1.807) is 0 Å². The summed E-state index contributed by atoms with van der Waals surface area (Å²) in [5.74, 6) is 7.42. The van der Waals surface area contributed by atoms with Crippen molar-refractivity contribution in [2.24, 2.45) is 0 Å². The van der Waals surface area contributed by atoms with Gasteiger partial charge in [-0.2, -0.15) is 0 Å². The van der Waals surface area contributed by atoms with E-state index in [-0.39, 0.29) is 10.8 Å². The summed E-state index contributed by atoms with van der Waals surface area (Å²) in [5, 5.41) is 0. The van der Waals surface area contributed by atoms with Gasteiger partial charge < -0.3 is 9.97 Å². The number of hydrogen-bond acceptors (Lipinski definition) is 2. The summed E-state index contributed by atoms with van der Waals surface area (Å²) in [6.45, 7) is 42.1. The van der Waals surface area contributed by atoms with Crippen molar-refractivity contribution in [1.29, 1.82) is 0 Å². The Bertz CT molecular complexity index is 3490. The lowest BCUT2D eigenvalue weighted by atomic mass is 9.86. The van der Waals surface area contributed by atoms with E-state index in [4.69, 9.17) is 9.97 Å². The van der Waals surface area contributed by atoms with Crippen LogP contribution in [-0.2, 0) is 10.8 Å².